The molecule has 3 amide bonds. The standard InChI is InChI=1S/C34H40N6O7S.4C18H15P.Pd/c1-20-16-26(48(46,47)40(2)3)13-15-27(20)23-8-4-21(5-9-23)17-30(33(43)36-25-12-14-28-29(18-25)38-39-32(28)42)37-31(41)24-10-6-22(7-11-24)19-35-34(44)45;4*1-4-10-16(11-5-1)19(17-12-6-2-7-13-17)18-14-8-3-9-15-18;/h4-5,8-9,12-16,18,22,24,30,35H,6-7,10-11,17,19H2,1-3H3,(H,36,43)(H,37,41)(H,44,45)(H2,38,39,42);4*1-15H;/t22-,24-,30-;;;;;/m0...../s1. The fourth-order valence-corrected chi connectivity index (χ4v) is 25.0. The number of hydrogen-bond donors (Lipinski definition) is 6. The van der Waals surface area contributed by atoms with Crippen LogP contribution in [0.2, 0.25) is 0 Å². The summed E-state index contributed by atoms with van der Waals surface area (Å²) in [5.41, 5.74) is 4.06. The van der Waals surface area contributed by atoms with Crippen molar-refractivity contribution in [3.05, 3.63) is 446 Å². The summed E-state index contributed by atoms with van der Waals surface area (Å²) >= 11 is 0. The monoisotopic (exact) mass is 1830 g/mol. The van der Waals surface area contributed by atoms with Crippen LogP contribution < -0.4 is 85.2 Å². The number of sulfonamides is 1. The molecule has 17 rings (SSSR count). The molecule has 0 saturated heterocycles. The zero-order valence-corrected chi connectivity index (χ0v) is 75.7. The molecule has 15 aromatic carbocycles. The van der Waals surface area contributed by atoms with Gasteiger partial charge in [0.2, 0.25) is 21.8 Å². The Morgan fingerprint density at radius 3 is 1.01 bits per heavy atom. The SMILES string of the molecule is Cc1cc(S(=O)(=O)N(C)C)ccc1-c1ccc(C[C@H](NC(=O)[C@H]2CC[C@H](CNC(=O)O)CC2)C(=O)Nc2ccc3c(=O)[nH][nH]c3c2)cc1.[Pd].c1ccc(P(c2ccccc2)c2ccccc2)cc1.c1ccc(P(c2ccccc2)c2ccccc2)cc1.c1ccc(P(c2ccccc2)c2ccccc2)cc1.c1ccc(P(c2ccccc2)c2ccccc2)cc1. The molecular formula is C106H100N6O7P4PdS. The van der Waals surface area contributed by atoms with Crippen LogP contribution >= 0.6 is 31.7 Å². The van der Waals surface area contributed by atoms with Crippen molar-refractivity contribution in [2.75, 3.05) is 26.0 Å². The number of rotatable bonds is 23. The van der Waals surface area contributed by atoms with E-state index in [0.717, 1.165) is 22.3 Å². The fraction of sp³-hybridized carbons (Fsp3) is 0.113. The molecule has 1 aliphatic carbocycles. The number of carbonyl (C=O) groups excluding carboxylic acids is 2. The molecule has 13 nitrogen and oxygen atoms in total. The van der Waals surface area contributed by atoms with Gasteiger partial charge in [-0.25, -0.2) is 17.5 Å². The summed E-state index contributed by atoms with van der Waals surface area (Å²) in [4.78, 5) is 50.1. The number of aromatic amines is 2. The Bertz CT molecular complexity index is 5310. The number of H-pyrrole nitrogens is 2. The third-order valence-corrected chi connectivity index (χ3v) is 32.7. The van der Waals surface area contributed by atoms with Crippen molar-refractivity contribution in [2.24, 2.45) is 11.8 Å². The van der Waals surface area contributed by atoms with Crippen LogP contribution in [0.25, 0.3) is 22.0 Å². The predicted octanol–water partition coefficient (Wildman–Crippen LogP) is 17.6. The minimum absolute atomic E-state index is 0. The molecule has 16 aromatic rings. The molecule has 632 valence electrons. The van der Waals surface area contributed by atoms with E-state index in [-0.39, 0.29) is 55.0 Å². The summed E-state index contributed by atoms with van der Waals surface area (Å²) < 4.78 is 26.3. The second kappa shape index (κ2) is 47.2. The molecule has 0 aliphatic heterocycles. The van der Waals surface area contributed by atoms with Gasteiger partial charge < -0.3 is 21.1 Å². The van der Waals surface area contributed by atoms with Crippen LogP contribution in [0.5, 0.6) is 0 Å². The van der Waals surface area contributed by atoms with Crippen molar-refractivity contribution >= 4 is 140 Å². The third kappa shape index (κ3) is 26.1. The summed E-state index contributed by atoms with van der Waals surface area (Å²) in [6, 6.07) is 146. The Hall–Kier alpha value is -11.9. The quantitative estimate of drug-likeness (QED) is 0.0271. The van der Waals surface area contributed by atoms with Crippen LogP contribution in [0.4, 0.5) is 10.5 Å². The van der Waals surface area contributed by atoms with Crippen LogP contribution in [0.3, 0.4) is 0 Å². The van der Waals surface area contributed by atoms with Crippen molar-refractivity contribution in [2.45, 2.75) is 50.0 Å². The molecule has 1 fully saturated rings. The Kier molecular flexibility index (Phi) is 34.9. The van der Waals surface area contributed by atoms with E-state index in [9.17, 15) is 27.6 Å². The van der Waals surface area contributed by atoms with Crippen LogP contribution in [0, 0.1) is 18.8 Å². The number of carboxylic acid groups (broad SMARTS) is 1. The van der Waals surface area contributed by atoms with E-state index in [1.165, 1.54) is 82.1 Å². The molecule has 0 bridgehead atoms. The smallest absolute Gasteiger partial charge is 0.404 e. The summed E-state index contributed by atoms with van der Waals surface area (Å²) in [6.45, 7) is 2.20. The van der Waals surface area contributed by atoms with Crippen LogP contribution in [-0.2, 0) is 46.5 Å². The second-order valence-electron chi connectivity index (χ2n) is 29.8. The molecular weight excluding hydrogens is 1730 g/mol. The minimum atomic E-state index is -3.57. The van der Waals surface area contributed by atoms with E-state index in [0.29, 0.717) is 48.8 Å². The number of aryl methyl sites for hydroxylation is 1. The Labute approximate surface area is 752 Å². The molecule has 1 saturated carbocycles. The number of carbonyl (C=O) groups is 3. The summed E-state index contributed by atoms with van der Waals surface area (Å²) in [5, 5.41) is 39.7. The Balaban J connectivity index is 0.000000154. The summed E-state index contributed by atoms with van der Waals surface area (Å²) in [7, 11) is -2.37. The number of fused-ring (bicyclic) bond motifs is 1. The van der Waals surface area contributed by atoms with Gasteiger partial charge in [0.15, 0.2) is 0 Å². The van der Waals surface area contributed by atoms with Crippen molar-refractivity contribution in [3.63, 3.8) is 0 Å². The van der Waals surface area contributed by atoms with Crippen LogP contribution in [-0.4, -0.2) is 72.6 Å². The number of hydrogen-bond acceptors (Lipinski definition) is 6. The molecule has 125 heavy (non-hydrogen) atoms. The molecule has 1 atom stereocenters. The molecule has 1 aliphatic rings. The van der Waals surface area contributed by atoms with Gasteiger partial charge in [-0.3, -0.25) is 24.6 Å². The van der Waals surface area contributed by atoms with Crippen molar-refractivity contribution in [1.29, 1.82) is 0 Å². The Morgan fingerprint density at radius 2 is 0.720 bits per heavy atom. The van der Waals surface area contributed by atoms with E-state index >= 15 is 0 Å². The second-order valence-corrected chi connectivity index (χ2v) is 40.9. The molecule has 0 unspecified atom stereocenters. The summed E-state index contributed by atoms with van der Waals surface area (Å²) in [5.74, 6) is -0.787. The van der Waals surface area contributed by atoms with Gasteiger partial charge in [-0.2, -0.15) is 0 Å². The molecule has 1 heterocycles. The number of amides is 3. The maximum Gasteiger partial charge on any atom is 0.404 e. The normalized spacial score (nSPS) is 13.0. The number of nitrogens with zero attached hydrogens (tertiary/aromatic N) is 1. The van der Waals surface area contributed by atoms with Crippen molar-refractivity contribution in [1.82, 2.24) is 25.1 Å². The number of anilines is 1. The topological polar surface area (TPSA) is 194 Å². The van der Waals surface area contributed by atoms with Crippen LogP contribution in [0.15, 0.2) is 434 Å². The Morgan fingerprint density at radius 1 is 0.408 bits per heavy atom. The molecule has 6 N–H and O–H groups in total. The van der Waals surface area contributed by atoms with Gasteiger partial charge in [0.05, 0.1) is 15.8 Å². The first kappa shape index (κ1) is 92.3. The van der Waals surface area contributed by atoms with Gasteiger partial charge in [-0.15, -0.1) is 0 Å². The number of benzene rings is 15. The van der Waals surface area contributed by atoms with Gasteiger partial charge in [0.1, 0.15) is 6.04 Å². The molecule has 0 radical (unpaired) electrons. The van der Waals surface area contributed by atoms with Crippen LogP contribution in [0.1, 0.15) is 36.8 Å². The average Bonchev–Trinajstić information content (AvgIpc) is 1.78. The largest absolute Gasteiger partial charge is 0.465 e. The van der Waals surface area contributed by atoms with E-state index < -0.39 is 59.8 Å². The predicted molar refractivity (Wildman–Crippen MR) is 523 cm³/mol. The number of nitrogens with one attached hydrogen (secondary N) is 5. The molecule has 1 aromatic heterocycles. The van der Waals surface area contributed by atoms with Gasteiger partial charge in [-0.05, 0) is 186 Å². The van der Waals surface area contributed by atoms with Gasteiger partial charge >= 0.3 is 6.09 Å². The first-order valence-corrected chi connectivity index (χ1v) is 48.1. The third-order valence-electron chi connectivity index (χ3n) is 21.1. The zero-order chi connectivity index (χ0) is 86.3. The van der Waals surface area contributed by atoms with E-state index in [1.807, 2.05) is 31.2 Å². The van der Waals surface area contributed by atoms with E-state index in [1.54, 1.807) is 36.4 Å². The number of aromatic nitrogens is 2. The van der Waals surface area contributed by atoms with Crippen molar-refractivity contribution in [3.8, 4) is 11.1 Å². The van der Waals surface area contributed by atoms with E-state index in [2.05, 4.69) is 390 Å². The van der Waals surface area contributed by atoms with Crippen molar-refractivity contribution < 1.29 is 48.3 Å². The van der Waals surface area contributed by atoms with Gasteiger partial charge in [-0.1, -0.05) is 394 Å². The van der Waals surface area contributed by atoms with E-state index in [4.69, 9.17) is 5.11 Å². The zero-order valence-electron chi connectivity index (χ0n) is 69.7. The maximum atomic E-state index is 13.6. The van der Waals surface area contributed by atoms with Gasteiger partial charge in [0.25, 0.3) is 5.56 Å². The first-order valence-electron chi connectivity index (χ1n) is 41.3. The summed E-state index contributed by atoms with van der Waals surface area (Å²) in [6.07, 6.45) is 1.72. The molecule has 19 heteroatoms. The minimum Gasteiger partial charge on any atom is -0.465 e. The van der Waals surface area contributed by atoms with Gasteiger partial charge in [0, 0.05) is 59.1 Å². The molecule has 0 spiro atoms. The maximum absolute atomic E-state index is 13.6. The first-order chi connectivity index (χ1) is 60.6. The fourth-order valence-electron chi connectivity index (χ4n) is 14.8. The average molecular weight is 1830 g/mol.